The highest BCUT2D eigenvalue weighted by molar-refractivity contribution is 9.09. The van der Waals surface area contributed by atoms with Crippen LogP contribution in [0.25, 0.3) is 0 Å². The topological polar surface area (TPSA) is 63.2 Å². The van der Waals surface area contributed by atoms with Crippen molar-refractivity contribution in [3.8, 4) is 0 Å². The molecule has 0 radical (unpaired) electrons. The van der Waals surface area contributed by atoms with E-state index in [4.69, 9.17) is 23.7 Å². The van der Waals surface area contributed by atoms with E-state index in [-0.39, 0.29) is 12.4 Å². The molecule has 0 aromatic heterocycles. The number of hydrogen-bond acceptors (Lipinski definition) is 6. The van der Waals surface area contributed by atoms with Crippen LogP contribution in [0, 0.1) is 0 Å². The molecule has 0 unspecified atom stereocenters. The Morgan fingerprint density at radius 1 is 0.833 bits per heavy atom. The minimum atomic E-state index is -0.449. The minimum absolute atomic E-state index is 0.248. The third-order valence-electron chi connectivity index (χ3n) is 2.46. The Hall–Kier alpha value is -0.470. The molecule has 0 aliphatic heterocycles. The summed E-state index contributed by atoms with van der Waals surface area (Å²) in [5, 5.41) is 0.842. The summed E-state index contributed by atoms with van der Waals surface area (Å²) in [7, 11) is 0. The molecule has 0 spiro atoms. The highest BCUT2D eigenvalue weighted by atomic mass is 79.9. The Morgan fingerprint density at radius 3 is 1.83 bits per heavy atom. The monoisotopic (exact) mass is 410 g/mol. The number of carbonyl (C=O) groups excluding carboxylic acids is 1. The van der Waals surface area contributed by atoms with Gasteiger partial charge in [0, 0.05) is 5.33 Å². The van der Waals surface area contributed by atoms with Crippen LogP contribution in [0.15, 0.2) is 12.2 Å². The number of rotatable bonds is 15. The van der Waals surface area contributed by atoms with E-state index in [2.05, 4.69) is 15.9 Å². The molecule has 0 aliphatic rings. The summed E-state index contributed by atoms with van der Waals surface area (Å²) in [6.07, 6.45) is 4.20. The van der Waals surface area contributed by atoms with E-state index in [1.54, 1.807) is 0 Å². The number of esters is 1. The van der Waals surface area contributed by atoms with Crippen LogP contribution < -0.4 is 0 Å². The Balaban J connectivity index is 3.18. The molecule has 0 saturated carbocycles. The Morgan fingerprint density at radius 2 is 1.33 bits per heavy atom. The number of ether oxygens (including phenoxy) is 5. The first-order chi connectivity index (χ1) is 11.5. The molecule has 0 N–H and O–H groups in total. The quantitative estimate of drug-likeness (QED) is 0.179. The lowest BCUT2D eigenvalue weighted by atomic mass is 10.2. The number of allylic oxidation sites excluding steroid dienone is 1. The zero-order valence-electron chi connectivity index (χ0n) is 15.1. The van der Waals surface area contributed by atoms with Gasteiger partial charge in [0.05, 0.1) is 59.3 Å². The molecule has 7 heteroatoms. The van der Waals surface area contributed by atoms with Crippen LogP contribution in [0.2, 0.25) is 0 Å². The number of carbonyl (C=O) groups is 1. The molecule has 0 atom stereocenters. The fourth-order valence-electron chi connectivity index (χ4n) is 1.49. The molecule has 0 aromatic rings. The maximum Gasteiger partial charge on any atom is 0.308 e. The zero-order chi connectivity index (χ0) is 18.1. The maximum absolute atomic E-state index is 11.4. The van der Waals surface area contributed by atoms with Crippen LogP contribution in [0.1, 0.15) is 27.2 Å². The molecule has 0 bridgehead atoms. The van der Waals surface area contributed by atoms with Crippen molar-refractivity contribution in [2.24, 2.45) is 0 Å². The van der Waals surface area contributed by atoms with Gasteiger partial charge >= 0.3 is 5.97 Å². The first-order valence-electron chi connectivity index (χ1n) is 8.19. The van der Waals surface area contributed by atoms with Crippen molar-refractivity contribution in [2.45, 2.75) is 32.8 Å². The first-order valence-corrected chi connectivity index (χ1v) is 9.31. The van der Waals surface area contributed by atoms with Gasteiger partial charge in [0.25, 0.3) is 0 Å². The van der Waals surface area contributed by atoms with Crippen molar-refractivity contribution in [1.29, 1.82) is 0 Å². The summed E-state index contributed by atoms with van der Waals surface area (Å²) in [4.78, 5) is 11.4. The fourth-order valence-corrected chi connectivity index (χ4v) is 1.75. The lowest BCUT2D eigenvalue weighted by Crippen LogP contribution is -2.24. The molecule has 0 heterocycles. The van der Waals surface area contributed by atoms with Crippen molar-refractivity contribution in [1.82, 2.24) is 0 Å². The predicted octanol–water partition coefficient (Wildman–Crippen LogP) is 2.74. The number of hydrogen-bond donors (Lipinski definition) is 0. The summed E-state index contributed by atoms with van der Waals surface area (Å²) >= 11 is 3.29. The average molecular weight is 411 g/mol. The van der Waals surface area contributed by atoms with E-state index in [0.717, 1.165) is 5.33 Å². The van der Waals surface area contributed by atoms with E-state index in [1.165, 1.54) is 0 Å². The molecule has 142 valence electrons. The van der Waals surface area contributed by atoms with Crippen molar-refractivity contribution < 1.29 is 28.5 Å². The molecule has 0 saturated heterocycles. The van der Waals surface area contributed by atoms with E-state index in [9.17, 15) is 4.79 Å². The van der Waals surface area contributed by atoms with E-state index in [1.807, 2.05) is 32.9 Å². The minimum Gasteiger partial charge on any atom is -0.460 e. The van der Waals surface area contributed by atoms with E-state index >= 15 is 0 Å². The van der Waals surface area contributed by atoms with E-state index < -0.39 is 5.60 Å². The molecular formula is C17H31BrO6. The molecule has 0 aromatic carbocycles. The molecule has 0 amide bonds. The van der Waals surface area contributed by atoms with Gasteiger partial charge in [-0.3, -0.25) is 4.79 Å². The van der Waals surface area contributed by atoms with Crippen molar-refractivity contribution in [3.05, 3.63) is 12.2 Å². The molecule has 24 heavy (non-hydrogen) atoms. The summed E-state index contributed by atoms with van der Waals surface area (Å²) in [6, 6.07) is 0. The smallest absolute Gasteiger partial charge is 0.308 e. The number of halogens is 1. The van der Waals surface area contributed by atoms with Gasteiger partial charge in [-0.15, -0.1) is 0 Å². The van der Waals surface area contributed by atoms with Gasteiger partial charge in [0.2, 0.25) is 0 Å². The summed E-state index contributed by atoms with van der Waals surface area (Å²) < 4.78 is 26.5. The first kappa shape index (κ1) is 23.5. The van der Waals surface area contributed by atoms with Crippen LogP contribution in [0.5, 0.6) is 0 Å². The van der Waals surface area contributed by atoms with Crippen LogP contribution >= 0.6 is 15.9 Å². The van der Waals surface area contributed by atoms with Gasteiger partial charge in [-0.1, -0.05) is 28.1 Å². The lowest BCUT2D eigenvalue weighted by molar-refractivity contribution is -0.156. The SMILES string of the molecule is CC(C)(C)OC(=O)CCOCCOCCOCCOCC=CCBr. The molecule has 0 rings (SSSR count). The summed E-state index contributed by atoms with van der Waals surface area (Å²) in [5.41, 5.74) is -0.449. The summed E-state index contributed by atoms with van der Waals surface area (Å²) in [5.74, 6) is -0.248. The van der Waals surface area contributed by atoms with Crippen molar-refractivity contribution in [2.75, 3.05) is 58.2 Å². The standard InChI is InChI=1S/C17H31BrO6/c1-17(2,3)24-16(19)6-9-21-11-13-23-15-14-22-12-10-20-8-5-4-7-18/h4-5H,6-15H2,1-3H3. The average Bonchev–Trinajstić information content (AvgIpc) is 2.49. The molecule has 0 fully saturated rings. The predicted molar refractivity (Wildman–Crippen MR) is 96.7 cm³/mol. The van der Waals surface area contributed by atoms with Gasteiger partial charge in [-0.05, 0) is 20.8 Å². The highest BCUT2D eigenvalue weighted by Gasteiger charge is 2.15. The third-order valence-corrected chi connectivity index (χ3v) is 2.83. The third kappa shape index (κ3) is 19.6. The normalized spacial score (nSPS) is 12.0. The van der Waals surface area contributed by atoms with E-state index in [0.29, 0.717) is 52.9 Å². The zero-order valence-corrected chi connectivity index (χ0v) is 16.6. The number of alkyl halides is 1. The van der Waals surface area contributed by atoms with Crippen LogP contribution in [0.4, 0.5) is 0 Å². The largest absolute Gasteiger partial charge is 0.460 e. The second kappa shape index (κ2) is 16.0. The molecule has 6 nitrogen and oxygen atoms in total. The highest BCUT2D eigenvalue weighted by Crippen LogP contribution is 2.07. The van der Waals surface area contributed by atoms with Gasteiger partial charge in [0.1, 0.15) is 5.60 Å². The van der Waals surface area contributed by atoms with Gasteiger partial charge in [-0.2, -0.15) is 0 Å². The maximum atomic E-state index is 11.4. The van der Waals surface area contributed by atoms with Crippen LogP contribution in [0.3, 0.4) is 0 Å². The van der Waals surface area contributed by atoms with Crippen molar-refractivity contribution in [3.63, 3.8) is 0 Å². The van der Waals surface area contributed by atoms with Crippen LogP contribution in [-0.2, 0) is 28.5 Å². The Labute approximate surface area is 153 Å². The summed E-state index contributed by atoms with van der Waals surface area (Å²) in [6.45, 7) is 9.57. The van der Waals surface area contributed by atoms with Gasteiger partial charge < -0.3 is 23.7 Å². The van der Waals surface area contributed by atoms with Gasteiger partial charge in [0.15, 0.2) is 0 Å². The lowest BCUT2D eigenvalue weighted by Gasteiger charge is -2.19. The van der Waals surface area contributed by atoms with Crippen LogP contribution in [-0.4, -0.2) is 69.8 Å². The van der Waals surface area contributed by atoms with Gasteiger partial charge in [-0.25, -0.2) is 0 Å². The Bertz CT molecular complexity index is 328. The molecule has 0 aliphatic carbocycles. The fraction of sp³-hybridized carbons (Fsp3) is 0.824. The Kier molecular flexibility index (Phi) is 15.7. The second-order valence-electron chi connectivity index (χ2n) is 5.87. The second-order valence-corrected chi connectivity index (χ2v) is 6.52. The molecular weight excluding hydrogens is 380 g/mol. The van der Waals surface area contributed by atoms with Crippen molar-refractivity contribution >= 4 is 21.9 Å².